The number of ether oxygens (including phenoxy) is 4. The van der Waals surface area contributed by atoms with Crippen molar-refractivity contribution in [3.8, 4) is 0 Å². The van der Waals surface area contributed by atoms with E-state index in [1.54, 1.807) is 0 Å². The highest BCUT2D eigenvalue weighted by Crippen LogP contribution is 2.38. The van der Waals surface area contributed by atoms with Crippen LogP contribution in [0.25, 0.3) is 0 Å². The number of carbonyl (C=O) groups is 8. The highest BCUT2D eigenvalue weighted by Gasteiger charge is 2.38. The van der Waals surface area contributed by atoms with Crippen LogP contribution in [0, 0.1) is 47.3 Å². The molecule has 0 radical (unpaired) electrons. The molecular weight excluding hydrogens is 913 g/mol. The Hall–Kier alpha value is -3.44. The van der Waals surface area contributed by atoms with E-state index >= 15 is 0 Å². The Morgan fingerprint density at radius 1 is 0.319 bits per heavy atom. The highest BCUT2D eigenvalue weighted by atomic mass is 16.5. The summed E-state index contributed by atoms with van der Waals surface area (Å²) in [6.45, 7) is 18.6. The van der Waals surface area contributed by atoms with Gasteiger partial charge in [-0.25, -0.2) is 0 Å². The Morgan fingerprint density at radius 2 is 0.514 bits per heavy atom. The van der Waals surface area contributed by atoms with E-state index in [-0.39, 0.29) is 71.2 Å². The Bertz CT molecular complexity index is 1320. The van der Waals surface area contributed by atoms with Gasteiger partial charge in [0.2, 0.25) is 0 Å². The molecule has 4 aliphatic carbocycles. The van der Waals surface area contributed by atoms with Crippen molar-refractivity contribution in [2.75, 3.05) is 26.4 Å². The lowest BCUT2D eigenvalue weighted by Crippen LogP contribution is -2.19. The summed E-state index contributed by atoms with van der Waals surface area (Å²) in [4.78, 5) is 93.7. The van der Waals surface area contributed by atoms with Crippen molar-refractivity contribution in [1.29, 1.82) is 0 Å². The zero-order valence-corrected chi connectivity index (χ0v) is 47.0. The van der Waals surface area contributed by atoms with Gasteiger partial charge in [0.15, 0.2) is 0 Å². The molecule has 12 nitrogen and oxygen atoms in total. The predicted octanol–water partition coefficient (Wildman–Crippen LogP) is 14.0. The fourth-order valence-corrected chi connectivity index (χ4v) is 10.9. The number of Topliss-reactive ketones (excluding diaryl/α,β-unsaturated/α-hetero) is 4. The molecule has 416 valence electrons. The first-order chi connectivity index (χ1) is 34.7. The third kappa shape index (κ3) is 28.3. The van der Waals surface area contributed by atoms with Crippen LogP contribution in [0.5, 0.6) is 0 Å². The van der Waals surface area contributed by atoms with Gasteiger partial charge in [-0.15, -0.1) is 0 Å². The molecule has 4 aliphatic rings. The maximum Gasteiger partial charge on any atom is 0.306 e. The number of esters is 4. The minimum atomic E-state index is -0.128. The van der Waals surface area contributed by atoms with Gasteiger partial charge in [-0.05, 0) is 101 Å². The Labute approximate surface area is 437 Å². The van der Waals surface area contributed by atoms with Crippen LogP contribution in [-0.2, 0) is 57.3 Å². The van der Waals surface area contributed by atoms with Crippen molar-refractivity contribution in [3.63, 3.8) is 0 Å². The summed E-state index contributed by atoms with van der Waals surface area (Å²) >= 11 is 0. The van der Waals surface area contributed by atoms with Crippen molar-refractivity contribution >= 4 is 47.0 Å². The third-order valence-electron chi connectivity index (χ3n) is 15.0. The third-order valence-corrected chi connectivity index (χ3v) is 15.0. The second-order valence-corrected chi connectivity index (χ2v) is 21.2. The summed E-state index contributed by atoms with van der Waals surface area (Å²) in [5.74, 6) is 2.34. The molecule has 4 saturated carbocycles. The molecule has 0 amide bonds. The Kier molecular flexibility index (Phi) is 38.7. The topological polar surface area (TPSA) is 173 Å². The van der Waals surface area contributed by atoms with Crippen LogP contribution in [0.4, 0.5) is 0 Å². The van der Waals surface area contributed by atoms with E-state index in [2.05, 4.69) is 27.7 Å². The van der Waals surface area contributed by atoms with E-state index in [1.807, 2.05) is 27.7 Å². The number of rotatable bonds is 32. The van der Waals surface area contributed by atoms with Gasteiger partial charge in [0.25, 0.3) is 0 Å². The normalized spacial score (nSPS) is 23.3. The average molecular weight is 1020 g/mol. The summed E-state index contributed by atoms with van der Waals surface area (Å²) in [7, 11) is 0. The minimum Gasteiger partial charge on any atom is -0.466 e. The first-order valence-electron chi connectivity index (χ1n) is 29.5. The number of unbranched alkanes of at least 4 members (excludes halogenated alkanes) is 8. The zero-order valence-electron chi connectivity index (χ0n) is 47.0. The van der Waals surface area contributed by atoms with Crippen molar-refractivity contribution < 1.29 is 57.3 Å². The van der Waals surface area contributed by atoms with Gasteiger partial charge in [-0.1, -0.05) is 132 Å². The number of ketones is 4. The summed E-state index contributed by atoms with van der Waals surface area (Å²) in [6, 6.07) is 0. The van der Waals surface area contributed by atoms with E-state index in [0.717, 1.165) is 103 Å². The van der Waals surface area contributed by atoms with Crippen LogP contribution >= 0.6 is 0 Å². The molecule has 8 atom stereocenters. The molecule has 0 aliphatic heterocycles. The summed E-state index contributed by atoms with van der Waals surface area (Å²) < 4.78 is 20.4. The second kappa shape index (κ2) is 41.9. The molecule has 0 spiro atoms. The summed E-state index contributed by atoms with van der Waals surface area (Å²) in [5, 5.41) is 0. The van der Waals surface area contributed by atoms with Crippen molar-refractivity contribution in [2.45, 2.75) is 261 Å². The van der Waals surface area contributed by atoms with E-state index in [9.17, 15) is 38.4 Å². The van der Waals surface area contributed by atoms with Gasteiger partial charge in [0.05, 0.1) is 26.4 Å². The van der Waals surface area contributed by atoms with Crippen LogP contribution < -0.4 is 0 Å². The molecular formula is C60H104O12. The van der Waals surface area contributed by atoms with E-state index in [1.165, 1.54) is 51.4 Å². The molecule has 4 fully saturated rings. The molecule has 0 bridgehead atoms. The smallest absolute Gasteiger partial charge is 0.306 e. The van der Waals surface area contributed by atoms with E-state index < -0.39 is 0 Å². The molecule has 0 aromatic rings. The lowest BCUT2D eigenvalue weighted by molar-refractivity contribution is -0.146. The van der Waals surface area contributed by atoms with Gasteiger partial charge < -0.3 is 18.9 Å². The van der Waals surface area contributed by atoms with Crippen molar-refractivity contribution in [2.24, 2.45) is 47.3 Å². The van der Waals surface area contributed by atoms with E-state index in [0.29, 0.717) is 101 Å². The standard InChI is InChI=1S/4C15H26O3/c4*1-3-5-6-7-13-12(8-9-14(13)16)11-15(17)18-10-4-2/h4*12-13H,3-11H2,1-2H3/t2*12-,13+;2*12-,13-/m1010/s1. The molecule has 4 rings (SSSR count). The first-order valence-corrected chi connectivity index (χ1v) is 29.5. The molecule has 0 aromatic carbocycles. The van der Waals surface area contributed by atoms with Crippen LogP contribution in [0.15, 0.2) is 0 Å². The number of hydrogen-bond acceptors (Lipinski definition) is 12. The van der Waals surface area contributed by atoms with Crippen LogP contribution in [0.2, 0.25) is 0 Å². The van der Waals surface area contributed by atoms with Crippen LogP contribution in [0.3, 0.4) is 0 Å². The highest BCUT2D eigenvalue weighted by molar-refractivity contribution is 5.86. The molecule has 72 heavy (non-hydrogen) atoms. The van der Waals surface area contributed by atoms with Crippen molar-refractivity contribution in [3.05, 3.63) is 0 Å². The predicted molar refractivity (Wildman–Crippen MR) is 285 cm³/mol. The first kappa shape index (κ1) is 66.6. The van der Waals surface area contributed by atoms with Gasteiger partial charge in [-0.3, -0.25) is 38.4 Å². The Morgan fingerprint density at radius 3 is 0.681 bits per heavy atom. The van der Waals surface area contributed by atoms with Gasteiger partial charge >= 0.3 is 23.9 Å². The maximum absolute atomic E-state index is 11.8. The fraction of sp³-hybridized carbons (Fsp3) is 0.867. The van der Waals surface area contributed by atoms with Crippen LogP contribution in [-0.4, -0.2) is 73.4 Å². The van der Waals surface area contributed by atoms with Gasteiger partial charge in [0.1, 0.15) is 23.1 Å². The molecule has 0 heterocycles. The fourth-order valence-electron chi connectivity index (χ4n) is 10.9. The molecule has 12 heteroatoms. The Balaban J connectivity index is 0.000000480. The summed E-state index contributed by atoms with van der Waals surface area (Å²) in [5.41, 5.74) is 0. The SMILES string of the molecule is CCCCC[C@@H]1C(=O)CC[C@@H]1CC(=O)OCCC.CCCCC[C@@H]1C(=O)CC[C@H]1CC(=O)OCCC.CCCCC[C@H]1C(=O)CC[C@@H]1CC(=O)OCCC.CCCCC[C@H]1C(=O)CC[C@H]1CC(=O)OCCC. The van der Waals surface area contributed by atoms with Gasteiger partial charge in [-0.2, -0.15) is 0 Å². The van der Waals surface area contributed by atoms with Crippen molar-refractivity contribution in [1.82, 2.24) is 0 Å². The quantitative estimate of drug-likeness (QED) is 0.0355. The monoisotopic (exact) mass is 1020 g/mol. The molecule has 0 aromatic heterocycles. The lowest BCUT2D eigenvalue weighted by Gasteiger charge is -2.17. The lowest BCUT2D eigenvalue weighted by atomic mass is 9.88. The second-order valence-electron chi connectivity index (χ2n) is 21.2. The van der Waals surface area contributed by atoms with E-state index in [4.69, 9.17) is 18.9 Å². The zero-order chi connectivity index (χ0) is 53.5. The van der Waals surface area contributed by atoms with Crippen LogP contribution in [0.1, 0.15) is 261 Å². The number of hydrogen-bond donors (Lipinski definition) is 0. The molecule has 0 unspecified atom stereocenters. The van der Waals surface area contributed by atoms with Gasteiger partial charge in [0, 0.05) is 75.0 Å². The summed E-state index contributed by atoms with van der Waals surface area (Å²) in [6.07, 6.45) is 28.9. The number of carbonyl (C=O) groups excluding carboxylic acids is 8. The average Bonchev–Trinajstić information content (AvgIpc) is 4.11. The molecule has 0 saturated heterocycles. The minimum absolute atomic E-state index is 0.116. The molecule has 0 N–H and O–H groups in total. The maximum atomic E-state index is 11.8. The largest absolute Gasteiger partial charge is 0.466 e.